The van der Waals surface area contributed by atoms with Crippen LogP contribution in [0, 0.1) is 11.8 Å². The van der Waals surface area contributed by atoms with Crippen LogP contribution >= 0.6 is 11.8 Å². The molecule has 34 heavy (non-hydrogen) atoms. The van der Waals surface area contributed by atoms with E-state index >= 15 is 0 Å². The molecule has 3 saturated heterocycles. The second-order valence-electron chi connectivity index (χ2n) is 9.84. The lowest BCUT2D eigenvalue weighted by molar-refractivity contribution is -0.154. The molecular formula is C26H40N2O5S. The summed E-state index contributed by atoms with van der Waals surface area (Å²) in [4.78, 5) is 44.5. The first kappa shape index (κ1) is 26.8. The summed E-state index contributed by atoms with van der Waals surface area (Å²) in [6.45, 7) is 12.8. The molecule has 8 heteroatoms. The third-order valence-electron chi connectivity index (χ3n) is 7.41. The largest absolute Gasteiger partial charge is 0.465 e. The van der Waals surface area contributed by atoms with Crippen LogP contribution in [0.25, 0.3) is 0 Å². The highest BCUT2D eigenvalue weighted by atomic mass is 32.2. The molecule has 0 aromatic heterocycles. The van der Waals surface area contributed by atoms with Crippen molar-refractivity contribution in [1.82, 2.24) is 9.80 Å². The molecule has 2 bridgehead atoms. The van der Waals surface area contributed by atoms with Gasteiger partial charge in [-0.05, 0) is 46.0 Å². The normalized spacial score (nSPS) is 29.4. The Morgan fingerprint density at radius 1 is 1.26 bits per heavy atom. The van der Waals surface area contributed by atoms with Gasteiger partial charge in [0.05, 0.1) is 23.2 Å². The number of fused-ring (bicyclic) bond motifs is 1. The maximum absolute atomic E-state index is 14.0. The zero-order chi connectivity index (χ0) is 24.9. The molecule has 3 aliphatic rings. The van der Waals surface area contributed by atoms with Crippen molar-refractivity contribution in [2.75, 3.05) is 26.3 Å². The van der Waals surface area contributed by atoms with E-state index in [0.717, 1.165) is 38.5 Å². The Hall–Kier alpha value is -1.80. The molecule has 0 radical (unpaired) electrons. The predicted molar refractivity (Wildman–Crippen MR) is 134 cm³/mol. The van der Waals surface area contributed by atoms with Crippen molar-refractivity contribution < 1.29 is 24.2 Å². The Morgan fingerprint density at radius 3 is 2.65 bits per heavy atom. The number of aliphatic hydroxyl groups excluding tert-OH is 1. The molecule has 3 aliphatic heterocycles. The molecule has 0 aromatic rings. The van der Waals surface area contributed by atoms with Crippen LogP contribution in [0.15, 0.2) is 25.3 Å². The molecule has 3 fully saturated rings. The van der Waals surface area contributed by atoms with Gasteiger partial charge in [-0.15, -0.1) is 24.9 Å². The summed E-state index contributed by atoms with van der Waals surface area (Å²) in [5, 5.41) is 9.07. The second kappa shape index (κ2) is 11.8. The van der Waals surface area contributed by atoms with Gasteiger partial charge in [0.25, 0.3) is 0 Å². The molecule has 0 aromatic carbocycles. The van der Waals surface area contributed by atoms with Gasteiger partial charge in [-0.3, -0.25) is 14.4 Å². The van der Waals surface area contributed by atoms with Gasteiger partial charge < -0.3 is 19.6 Å². The number of thioether (sulfide) groups is 1. The van der Waals surface area contributed by atoms with Crippen LogP contribution in [0.5, 0.6) is 0 Å². The zero-order valence-electron chi connectivity index (χ0n) is 20.6. The van der Waals surface area contributed by atoms with Crippen molar-refractivity contribution in [3.05, 3.63) is 25.3 Å². The highest BCUT2D eigenvalue weighted by Gasteiger charge is 2.74. The first-order valence-corrected chi connectivity index (χ1v) is 13.5. The molecule has 3 rings (SSSR count). The summed E-state index contributed by atoms with van der Waals surface area (Å²) in [7, 11) is 0. The quantitative estimate of drug-likeness (QED) is 0.228. The predicted octanol–water partition coefficient (Wildman–Crippen LogP) is 3.17. The van der Waals surface area contributed by atoms with E-state index < -0.39 is 22.6 Å². The number of rotatable bonds is 14. The molecule has 2 amide bonds. The van der Waals surface area contributed by atoms with Crippen molar-refractivity contribution in [2.24, 2.45) is 11.8 Å². The molecular weight excluding hydrogens is 452 g/mol. The number of aliphatic hydroxyl groups is 1. The molecule has 5 atom stereocenters. The van der Waals surface area contributed by atoms with E-state index in [4.69, 9.17) is 9.84 Å². The molecule has 2 unspecified atom stereocenters. The number of esters is 1. The van der Waals surface area contributed by atoms with Crippen LogP contribution in [-0.4, -0.2) is 81.1 Å². The van der Waals surface area contributed by atoms with Crippen molar-refractivity contribution in [3.63, 3.8) is 0 Å². The third kappa shape index (κ3) is 4.94. The molecule has 0 saturated carbocycles. The van der Waals surface area contributed by atoms with E-state index in [1.807, 2.05) is 13.8 Å². The summed E-state index contributed by atoms with van der Waals surface area (Å²) in [5.41, 5.74) is 0. The lowest BCUT2D eigenvalue weighted by atomic mass is 9.71. The smallest absolute Gasteiger partial charge is 0.310 e. The highest BCUT2D eigenvalue weighted by Crippen LogP contribution is 2.66. The summed E-state index contributed by atoms with van der Waals surface area (Å²) in [5.74, 6) is -1.46. The van der Waals surface area contributed by atoms with Crippen molar-refractivity contribution in [2.45, 2.75) is 80.9 Å². The van der Waals surface area contributed by atoms with Crippen LogP contribution in [0.1, 0.15) is 58.8 Å². The second-order valence-corrected chi connectivity index (χ2v) is 11.4. The van der Waals surface area contributed by atoms with Crippen LogP contribution in [-0.2, 0) is 19.1 Å². The lowest BCUT2D eigenvalue weighted by Crippen LogP contribution is -2.56. The summed E-state index contributed by atoms with van der Waals surface area (Å²) < 4.78 is 4.94. The van der Waals surface area contributed by atoms with Crippen LogP contribution in [0.2, 0.25) is 0 Å². The van der Waals surface area contributed by atoms with Gasteiger partial charge in [0.1, 0.15) is 6.04 Å². The number of likely N-dealkylation sites (tertiary alicyclic amines) is 1. The minimum Gasteiger partial charge on any atom is -0.465 e. The Balaban J connectivity index is 1.90. The topological polar surface area (TPSA) is 87.2 Å². The zero-order valence-corrected chi connectivity index (χ0v) is 21.4. The van der Waals surface area contributed by atoms with E-state index in [2.05, 4.69) is 13.2 Å². The Kier molecular flexibility index (Phi) is 9.27. The lowest BCUT2D eigenvalue weighted by Gasteiger charge is -2.38. The number of unbranched alkanes of at least 4 members (excludes halogenated alkanes) is 3. The number of amides is 2. The monoisotopic (exact) mass is 492 g/mol. The molecule has 3 heterocycles. The third-order valence-corrected chi connectivity index (χ3v) is 9.36. The van der Waals surface area contributed by atoms with E-state index in [1.54, 1.807) is 33.7 Å². The van der Waals surface area contributed by atoms with Crippen LogP contribution < -0.4 is 0 Å². The number of carbonyl (C=O) groups excluding carboxylic acids is 3. The van der Waals surface area contributed by atoms with Crippen LogP contribution in [0.4, 0.5) is 0 Å². The summed E-state index contributed by atoms with van der Waals surface area (Å²) in [6, 6.07) is -0.600. The minimum absolute atomic E-state index is 0.0130. The van der Waals surface area contributed by atoms with Crippen LogP contribution in [0.3, 0.4) is 0 Å². The van der Waals surface area contributed by atoms with Gasteiger partial charge in [0, 0.05) is 31.0 Å². The average Bonchev–Trinajstić information content (AvgIpc) is 3.44. The first-order valence-electron chi connectivity index (χ1n) is 12.6. The Labute approximate surface area is 208 Å². The molecule has 0 aliphatic carbocycles. The molecule has 1 spiro atoms. The van der Waals surface area contributed by atoms with Crippen molar-refractivity contribution >= 4 is 29.5 Å². The number of carbonyl (C=O) groups is 3. The van der Waals surface area contributed by atoms with Gasteiger partial charge in [-0.1, -0.05) is 25.0 Å². The fourth-order valence-corrected chi connectivity index (χ4v) is 8.08. The minimum atomic E-state index is -0.583. The standard InChI is InChI=1S/C26H40N2O5S/c1-5-7-17-33-25(32)20-19-12-13-26(34-19)21(20)23(30)28(15-10-8-9-11-16-29)22(26)24(31)27(14-6-2)18(3)4/h5-6,18-22,29H,1-2,7-17H2,3-4H3/t19-,20+,21-,22?,26?/m0/s1. The van der Waals surface area contributed by atoms with Crippen molar-refractivity contribution in [1.29, 1.82) is 0 Å². The van der Waals surface area contributed by atoms with Gasteiger partial charge >= 0.3 is 5.97 Å². The van der Waals surface area contributed by atoms with Gasteiger partial charge in [-0.25, -0.2) is 0 Å². The van der Waals surface area contributed by atoms with Gasteiger partial charge in [-0.2, -0.15) is 0 Å². The molecule has 190 valence electrons. The van der Waals surface area contributed by atoms with Crippen molar-refractivity contribution in [3.8, 4) is 0 Å². The molecule has 1 N–H and O–H groups in total. The van der Waals surface area contributed by atoms with Gasteiger partial charge in [0.15, 0.2) is 0 Å². The number of ether oxygens (including phenoxy) is 1. The SMILES string of the molecule is C=CCCOC(=O)[C@@H]1[C@@H]2CCC3(S2)C(C(=O)N(CC=C)C(C)C)N(CCCCCCO)C(=O)[C@H]13. The fraction of sp³-hybridized carbons (Fsp3) is 0.731. The summed E-state index contributed by atoms with van der Waals surface area (Å²) >= 11 is 1.67. The highest BCUT2D eigenvalue weighted by molar-refractivity contribution is 8.02. The number of nitrogens with zero attached hydrogens (tertiary/aromatic N) is 2. The Bertz CT molecular complexity index is 787. The number of hydrogen-bond acceptors (Lipinski definition) is 6. The van der Waals surface area contributed by atoms with E-state index in [-0.39, 0.29) is 42.3 Å². The maximum Gasteiger partial charge on any atom is 0.310 e. The van der Waals surface area contributed by atoms with E-state index in [1.165, 1.54) is 0 Å². The van der Waals surface area contributed by atoms with Gasteiger partial charge in [0.2, 0.25) is 11.8 Å². The van der Waals surface area contributed by atoms with E-state index in [9.17, 15) is 14.4 Å². The number of hydrogen-bond donors (Lipinski definition) is 1. The first-order chi connectivity index (χ1) is 16.3. The van der Waals surface area contributed by atoms with E-state index in [0.29, 0.717) is 19.5 Å². The summed E-state index contributed by atoms with van der Waals surface area (Å²) in [6.07, 6.45) is 8.84. The fourth-order valence-electron chi connectivity index (χ4n) is 5.88. The molecule has 7 nitrogen and oxygen atoms in total. The Morgan fingerprint density at radius 2 is 2.00 bits per heavy atom. The maximum atomic E-state index is 14.0. The average molecular weight is 493 g/mol.